The van der Waals surface area contributed by atoms with Crippen LogP contribution in [-0.2, 0) is 9.53 Å². The number of aromatic nitrogens is 1. The Morgan fingerprint density at radius 1 is 1.69 bits per heavy atom. The maximum absolute atomic E-state index is 10.8. The maximum atomic E-state index is 10.8. The Morgan fingerprint density at radius 3 is 3.00 bits per heavy atom. The number of nitrogens with zero attached hydrogens (tertiary/aromatic N) is 1. The van der Waals surface area contributed by atoms with Crippen molar-refractivity contribution < 1.29 is 9.53 Å². The van der Waals surface area contributed by atoms with Gasteiger partial charge in [0.2, 0.25) is 0 Å². The molecule has 1 aromatic heterocycles. The van der Waals surface area contributed by atoms with Gasteiger partial charge in [0.15, 0.2) is 0 Å². The fourth-order valence-corrected chi connectivity index (χ4v) is 0.860. The van der Waals surface area contributed by atoms with E-state index in [9.17, 15) is 4.79 Å². The highest BCUT2D eigenvalue weighted by Gasteiger charge is 2.07. The molecule has 68 valence electrons. The lowest BCUT2D eigenvalue weighted by Gasteiger charge is -2.01. The molecular weight excluding hydrogens is 168 g/mol. The van der Waals surface area contributed by atoms with E-state index in [1.807, 2.05) is 0 Å². The van der Waals surface area contributed by atoms with E-state index in [2.05, 4.69) is 9.72 Å². The highest BCUT2D eigenvalue weighted by atomic mass is 16.5. The maximum Gasteiger partial charge on any atom is 0.311 e. The Labute approximate surface area is 76.1 Å². The summed E-state index contributed by atoms with van der Waals surface area (Å²) in [4.78, 5) is 14.7. The zero-order valence-corrected chi connectivity index (χ0v) is 7.28. The Balaban J connectivity index is 2.65. The molecule has 0 fully saturated rings. The van der Waals surface area contributed by atoms with E-state index < -0.39 is 5.97 Å². The van der Waals surface area contributed by atoms with Crippen LogP contribution in [0.1, 0.15) is 12.0 Å². The van der Waals surface area contributed by atoms with Gasteiger partial charge in [0.05, 0.1) is 19.2 Å². The predicted molar refractivity (Wildman–Crippen MR) is 47.7 cm³/mol. The SMILES string of the molecule is COC(=O)CC(=N)c1cccnc1. The van der Waals surface area contributed by atoms with Crippen molar-refractivity contribution in [2.45, 2.75) is 6.42 Å². The standard InChI is InChI=1S/C9H10N2O2/c1-13-9(12)5-8(10)7-3-2-4-11-6-7/h2-4,6,10H,5H2,1H3. The normalized spacial score (nSPS) is 9.31. The summed E-state index contributed by atoms with van der Waals surface area (Å²) in [5.41, 5.74) is 0.868. The minimum Gasteiger partial charge on any atom is -0.469 e. The van der Waals surface area contributed by atoms with Crippen LogP contribution in [0.2, 0.25) is 0 Å². The van der Waals surface area contributed by atoms with E-state index in [4.69, 9.17) is 5.41 Å². The Kier molecular flexibility index (Phi) is 3.14. The topological polar surface area (TPSA) is 63.0 Å². The molecule has 0 aliphatic rings. The van der Waals surface area contributed by atoms with Crippen LogP contribution >= 0.6 is 0 Å². The molecule has 0 spiro atoms. The van der Waals surface area contributed by atoms with Crippen LogP contribution < -0.4 is 0 Å². The fourth-order valence-electron chi connectivity index (χ4n) is 0.860. The van der Waals surface area contributed by atoms with Gasteiger partial charge in [-0.05, 0) is 6.07 Å². The molecule has 0 unspecified atom stereocenters. The fraction of sp³-hybridized carbons (Fsp3) is 0.222. The highest BCUT2D eigenvalue weighted by Crippen LogP contribution is 2.01. The van der Waals surface area contributed by atoms with Crippen molar-refractivity contribution in [3.8, 4) is 0 Å². The van der Waals surface area contributed by atoms with Crippen molar-refractivity contribution in [1.82, 2.24) is 4.98 Å². The lowest BCUT2D eigenvalue weighted by molar-refractivity contribution is -0.139. The van der Waals surface area contributed by atoms with Gasteiger partial charge in [-0.2, -0.15) is 0 Å². The molecule has 4 heteroatoms. The first-order chi connectivity index (χ1) is 6.24. The first-order valence-corrected chi connectivity index (χ1v) is 3.78. The molecule has 13 heavy (non-hydrogen) atoms. The largest absolute Gasteiger partial charge is 0.469 e. The van der Waals surface area contributed by atoms with Crippen molar-refractivity contribution in [2.75, 3.05) is 7.11 Å². The number of carbonyl (C=O) groups is 1. The summed E-state index contributed by atoms with van der Waals surface area (Å²) in [6.45, 7) is 0. The second-order valence-corrected chi connectivity index (χ2v) is 2.47. The molecule has 0 atom stereocenters. The smallest absolute Gasteiger partial charge is 0.311 e. The molecule has 0 radical (unpaired) electrons. The number of hydrogen-bond donors (Lipinski definition) is 1. The number of carbonyl (C=O) groups excluding carboxylic acids is 1. The number of pyridine rings is 1. The zero-order chi connectivity index (χ0) is 9.68. The summed E-state index contributed by atoms with van der Waals surface area (Å²) >= 11 is 0. The van der Waals surface area contributed by atoms with Crippen LogP contribution in [-0.4, -0.2) is 23.8 Å². The number of esters is 1. The summed E-state index contributed by atoms with van der Waals surface area (Å²) in [5, 5.41) is 7.52. The number of methoxy groups -OCH3 is 1. The van der Waals surface area contributed by atoms with Crippen molar-refractivity contribution >= 4 is 11.7 Å². The summed E-state index contributed by atoms with van der Waals surface area (Å²) in [6.07, 6.45) is 3.16. The lowest BCUT2D eigenvalue weighted by Crippen LogP contribution is -2.09. The van der Waals surface area contributed by atoms with Crippen LogP contribution in [0, 0.1) is 5.41 Å². The van der Waals surface area contributed by atoms with Crippen molar-refractivity contribution in [1.29, 1.82) is 5.41 Å². The zero-order valence-electron chi connectivity index (χ0n) is 7.28. The number of nitrogens with one attached hydrogen (secondary N) is 1. The average Bonchev–Trinajstić information content (AvgIpc) is 2.19. The molecule has 1 rings (SSSR count). The highest BCUT2D eigenvalue weighted by molar-refractivity contribution is 6.07. The number of ether oxygens (including phenoxy) is 1. The molecule has 1 N–H and O–H groups in total. The van der Waals surface area contributed by atoms with Gasteiger partial charge in [-0.3, -0.25) is 9.78 Å². The average molecular weight is 178 g/mol. The van der Waals surface area contributed by atoms with E-state index in [1.165, 1.54) is 7.11 Å². The number of rotatable bonds is 3. The summed E-state index contributed by atoms with van der Waals surface area (Å²) in [5.74, 6) is -0.408. The van der Waals surface area contributed by atoms with Gasteiger partial charge in [0.25, 0.3) is 0 Å². The number of hydrogen-bond acceptors (Lipinski definition) is 4. The molecule has 1 aromatic rings. The van der Waals surface area contributed by atoms with Crippen molar-refractivity contribution in [2.24, 2.45) is 0 Å². The molecule has 0 bridgehead atoms. The van der Waals surface area contributed by atoms with Gasteiger partial charge in [-0.1, -0.05) is 6.07 Å². The third-order valence-corrected chi connectivity index (χ3v) is 1.56. The van der Waals surface area contributed by atoms with E-state index in [1.54, 1.807) is 24.5 Å². The van der Waals surface area contributed by atoms with Crippen LogP contribution in [0.3, 0.4) is 0 Å². The summed E-state index contributed by atoms with van der Waals surface area (Å²) < 4.78 is 4.44. The van der Waals surface area contributed by atoms with E-state index in [-0.39, 0.29) is 12.1 Å². The van der Waals surface area contributed by atoms with Gasteiger partial charge < -0.3 is 10.1 Å². The van der Waals surface area contributed by atoms with Crippen LogP contribution in [0.5, 0.6) is 0 Å². The first-order valence-electron chi connectivity index (χ1n) is 3.78. The predicted octanol–water partition coefficient (Wildman–Crippen LogP) is 1.01. The molecule has 0 aliphatic heterocycles. The second-order valence-electron chi connectivity index (χ2n) is 2.47. The minimum absolute atomic E-state index is 0.0117. The first kappa shape index (κ1) is 9.38. The van der Waals surface area contributed by atoms with Crippen LogP contribution in [0.25, 0.3) is 0 Å². The third kappa shape index (κ3) is 2.66. The van der Waals surface area contributed by atoms with E-state index >= 15 is 0 Å². The van der Waals surface area contributed by atoms with E-state index in [0.29, 0.717) is 5.56 Å². The van der Waals surface area contributed by atoms with Crippen LogP contribution in [0.15, 0.2) is 24.5 Å². The van der Waals surface area contributed by atoms with E-state index in [0.717, 1.165) is 0 Å². The van der Waals surface area contributed by atoms with Gasteiger partial charge in [-0.25, -0.2) is 0 Å². The van der Waals surface area contributed by atoms with Gasteiger partial charge in [0, 0.05) is 18.0 Å². The lowest BCUT2D eigenvalue weighted by atomic mass is 10.1. The van der Waals surface area contributed by atoms with Crippen molar-refractivity contribution in [3.63, 3.8) is 0 Å². The summed E-state index contributed by atoms with van der Waals surface area (Å²) in [7, 11) is 1.30. The monoisotopic (exact) mass is 178 g/mol. The molecule has 0 saturated heterocycles. The Bertz CT molecular complexity index is 309. The molecular formula is C9H10N2O2. The Hall–Kier alpha value is -1.71. The Morgan fingerprint density at radius 2 is 2.46 bits per heavy atom. The van der Waals surface area contributed by atoms with Gasteiger partial charge >= 0.3 is 5.97 Å². The second kappa shape index (κ2) is 4.35. The minimum atomic E-state index is -0.408. The molecule has 0 aromatic carbocycles. The van der Waals surface area contributed by atoms with Gasteiger partial charge in [-0.15, -0.1) is 0 Å². The molecule has 0 amide bonds. The molecule has 0 saturated carbocycles. The quantitative estimate of drug-likeness (QED) is 0.555. The van der Waals surface area contributed by atoms with Crippen molar-refractivity contribution in [3.05, 3.63) is 30.1 Å². The molecule has 0 aliphatic carbocycles. The molecule has 1 heterocycles. The summed E-state index contributed by atoms with van der Waals surface area (Å²) in [6, 6.07) is 3.46. The molecule has 4 nitrogen and oxygen atoms in total. The third-order valence-electron chi connectivity index (χ3n) is 1.56. The van der Waals surface area contributed by atoms with Gasteiger partial charge in [0.1, 0.15) is 0 Å². The van der Waals surface area contributed by atoms with Crippen LogP contribution in [0.4, 0.5) is 0 Å².